The first-order valence-electron chi connectivity index (χ1n) is 7.69. The SMILES string of the molecule is CN(C)CCN(Cc1cnc[nH]1)C(=O)CCc1ccccc1F. The van der Waals surface area contributed by atoms with Gasteiger partial charge in [-0.05, 0) is 32.1 Å². The van der Waals surface area contributed by atoms with Crippen molar-refractivity contribution >= 4 is 5.91 Å². The van der Waals surface area contributed by atoms with E-state index in [0.29, 0.717) is 31.5 Å². The number of imidazole rings is 1. The number of benzene rings is 1. The zero-order chi connectivity index (χ0) is 16.7. The van der Waals surface area contributed by atoms with Gasteiger partial charge in [0, 0.05) is 25.7 Å². The molecule has 6 heteroatoms. The fourth-order valence-corrected chi connectivity index (χ4v) is 2.29. The summed E-state index contributed by atoms with van der Waals surface area (Å²) in [6, 6.07) is 6.59. The molecule has 1 heterocycles. The molecule has 1 N–H and O–H groups in total. The largest absolute Gasteiger partial charge is 0.347 e. The molecular weight excluding hydrogens is 295 g/mol. The lowest BCUT2D eigenvalue weighted by molar-refractivity contribution is -0.132. The summed E-state index contributed by atoms with van der Waals surface area (Å²) in [5.41, 5.74) is 1.47. The molecular formula is C17H23FN4O. The maximum absolute atomic E-state index is 13.7. The van der Waals surface area contributed by atoms with Crippen LogP contribution in [0.3, 0.4) is 0 Å². The molecule has 0 atom stereocenters. The highest BCUT2D eigenvalue weighted by Gasteiger charge is 2.15. The summed E-state index contributed by atoms with van der Waals surface area (Å²) in [4.78, 5) is 23.3. The number of hydrogen-bond donors (Lipinski definition) is 1. The van der Waals surface area contributed by atoms with Crippen LogP contribution < -0.4 is 0 Å². The third-order valence-corrected chi connectivity index (χ3v) is 3.65. The molecule has 0 aliphatic rings. The van der Waals surface area contributed by atoms with Gasteiger partial charge in [0.25, 0.3) is 0 Å². The number of halogens is 1. The summed E-state index contributed by atoms with van der Waals surface area (Å²) < 4.78 is 13.7. The number of aromatic amines is 1. The normalized spacial score (nSPS) is 11.0. The van der Waals surface area contributed by atoms with Crippen LogP contribution >= 0.6 is 0 Å². The van der Waals surface area contributed by atoms with Crippen LogP contribution in [-0.4, -0.2) is 52.9 Å². The summed E-state index contributed by atoms with van der Waals surface area (Å²) >= 11 is 0. The maximum Gasteiger partial charge on any atom is 0.223 e. The van der Waals surface area contributed by atoms with Crippen LogP contribution in [0.25, 0.3) is 0 Å². The van der Waals surface area contributed by atoms with E-state index in [1.54, 1.807) is 35.6 Å². The lowest BCUT2D eigenvalue weighted by atomic mass is 10.1. The van der Waals surface area contributed by atoms with E-state index in [2.05, 4.69) is 9.97 Å². The molecule has 1 aromatic heterocycles. The van der Waals surface area contributed by atoms with Gasteiger partial charge < -0.3 is 14.8 Å². The van der Waals surface area contributed by atoms with E-state index < -0.39 is 0 Å². The number of amides is 1. The molecule has 5 nitrogen and oxygen atoms in total. The van der Waals surface area contributed by atoms with Gasteiger partial charge in [-0.3, -0.25) is 4.79 Å². The van der Waals surface area contributed by atoms with Gasteiger partial charge >= 0.3 is 0 Å². The minimum Gasteiger partial charge on any atom is -0.347 e. The third-order valence-electron chi connectivity index (χ3n) is 3.65. The fourth-order valence-electron chi connectivity index (χ4n) is 2.29. The molecule has 2 aromatic rings. The highest BCUT2D eigenvalue weighted by atomic mass is 19.1. The average molecular weight is 318 g/mol. The number of nitrogens with zero attached hydrogens (tertiary/aromatic N) is 3. The van der Waals surface area contributed by atoms with E-state index >= 15 is 0 Å². The Labute approximate surface area is 136 Å². The van der Waals surface area contributed by atoms with Crippen molar-refractivity contribution in [2.24, 2.45) is 0 Å². The predicted octanol–water partition coefficient (Wildman–Crippen LogP) is 2.07. The topological polar surface area (TPSA) is 52.2 Å². The minimum atomic E-state index is -0.256. The van der Waals surface area contributed by atoms with Crippen molar-refractivity contribution in [2.75, 3.05) is 27.2 Å². The molecule has 0 unspecified atom stereocenters. The number of H-pyrrole nitrogens is 1. The van der Waals surface area contributed by atoms with Gasteiger partial charge in [0.1, 0.15) is 5.82 Å². The van der Waals surface area contributed by atoms with Crippen LogP contribution in [0.5, 0.6) is 0 Å². The van der Waals surface area contributed by atoms with E-state index in [-0.39, 0.29) is 11.7 Å². The molecule has 0 radical (unpaired) electrons. The van der Waals surface area contributed by atoms with Gasteiger partial charge in [-0.2, -0.15) is 0 Å². The Morgan fingerprint density at radius 3 is 2.70 bits per heavy atom. The zero-order valence-electron chi connectivity index (χ0n) is 13.6. The highest BCUT2D eigenvalue weighted by Crippen LogP contribution is 2.11. The van der Waals surface area contributed by atoms with Crippen LogP contribution in [-0.2, 0) is 17.8 Å². The van der Waals surface area contributed by atoms with Crippen molar-refractivity contribution in [3.63, 3.8) is 0 Å². The van der Waals surface area contributed by atoms with Crippen molar-refractivity contribution in [3.8, 4) is 0 Å². The number of nitrogens with one attached hydrogen (secondary N) is 1. The Hall–Kier alpha value is -2.21. The van der Waals surface area contributed by atoms with Gasteiger partial charge in [-0.15, -0.1) is 0 Å². The lowest BCUT2D eigenvalue weighted by Gasteiger charge is -2.24. The number of carbonyl (C=O) groups is 1. The molecule has 2 rings (SSSR count). The van der Waals surface area contributed by atoms with E-state index in [1.807, 2.05) is 19.0 Å². The first kappa shape index (κ1) is 17.1. The number of likely N-dealkylation sites (N-methyl/N-ethyl adjacent to an activating group) is 1. The van der Waals surface area contributed by atoms with E-state index in [0.717, 1.165) is 12.2 Å². The quantitative estimate of drug-likeness (QED) is 0.811. The summed E-state index contributed by atoms with van der Waals surface area (Å²) in [5, 5.41) is 0. The summed E-state index contributed by atoms with van der Waals surface area (Å²) in [6.07, 6.45) is 4.02. The second-order valence-corrected chi connectivity index (χ2v) is 5.79. The first-order valence-corrected chi connectivity index (χ1v) is 7.69. The Morgan fingerprint density at radius 2 is 2.04 bits per heavy atom. The van der Waals surface area contributed by atoms with Crippen LogP contribution in [0.1, 0.15) is 17.7 Å². The first-order chi connectivity index (χ1) is 11.1. The second kappa shape index (κ2) is 8.43. The monoisotopic (exact) mass is 318 g/mol. The fraction of sp³-hybridized carbons (Fsp3) is 0.412. The Morgan fingerprint density at radius 1 is 1.26 bits per heavy atom. The number of rotatable bonds is 8. The number of aryl methyl sites for hydroxylation is 1. The predicted molar refractivity (Wildman–Crippen MR) is 87.3 cm³/mol. The molecule has 124 valence electrons. The molecule has 0 saturated carbocycles. The second-order valence-electron chi connectivity index (χ2n) is 5.79. The minimum absolute atomic E-state index is 0.0182. The Balaban J connectivity index is 1.96. The van der Waals surface area contributed by atoms with Crippen molar-refractivity contribution in [1.29, 1.82) is 0 Å². The van der Waals surface area contributed by atoms with Gasteiger partial charge in [-0.25, -0.2) is 9.37 Å². The van der Waals surface area contributed by atoms with Gasteiger partial charge in [0.15, 0.2) is 0 Å². The molecule has 1 amide bonds. The summed E-state index contributed by atoms with van der Waals surface area (Å²) in [6.45, 7) is 1.89. The molecule has 1 aromatic carbocycles. The van der Waals surface area contributed by atoms with Crippen LogP contribution in [0.15, 0.2) is 36.8 Å². The van der Waals surface area contributed by atoms with E-state index in [9.17, 15) is 9.18 Å². The highest BCUT2D eigenvalue weighted by molar-refractivity contribution is 5.76. The Bertz CT molecular complexity index is 613. The third kappa shape index (κ3) is 5.49. The average Bonchev–Trinajstić information content (AvgIpc) is 3.03. The van der Waals surface area contributed by atoms with Crippen molar-refractivity contribution in [1.82, 2.24) is 19.8 Å². The van der Waals surface area contributed by atoms with Crippen LogP contribution in [0.4, 0.5) is 4.39 Å². The van der Waals surface area contributed by atoms with Crippen molar-refractivity contribution < 1.29 is 9.18 Å². The molecule has 0 aliphatic carbocycles. The molecule has 0 aliphatic heterocycles. The molecule has 23 heavy (non-hydrogen) atoms. The Kier molecular flexibility index (Phi) is 6.29. The van der Waals surface area contributed by atoms with E-state index in [4.69, 9.17) is 0 Å². The number of aromatic nitrogens is 2. The van der Waals surface area contributed by atoms with Gasteiger partial charge in [0.05, 0.1) is 18.6 Å². The number of hydrogen-bond acceptors (Lipinski definition) is 3. The van der Waals surface area contributed by atoms with Gasteiger partial charge in [-0.1, -0.05) is 18.2 Å². The molecule has 0 spiro atoms. The van der Waals surface area contributed by atoms with Crippen LogP contribution in [0, 0.1) is 5.82 Å². The van der Waals surface area contributed by atoms with Gasteiger partial charge in [0.2, 0.25) is 5.91 Å². The lowest BCUT2D eigenvalue weighted by Crippen LogP contribution is -2.36. The standard InChI is InChI=1S/C17H23FN4O/c1-21(2)9-10-22(12-15-11-19-13-20-15)17(23)8-7-14-5-3-4-6-16(14)18/h3-6,11,13H,7-10,12H2,1-2H3,(H,19,20). The molecule has 0 bridgehead atoms. The maximum atomic E-state index is 13.7. The van der Waals surface area contributed by atoms with Crippen LogP contribution in [0.2, 0.25) is 0 Å². The molecule has 0 fully saturated rings. The zero-order valence-corrected chi connectivity index (χ0v) is 13.6. The summed E-state index contributed by atoms with van der Waals surface area (Å²) in [5.74, 6) is -0.238. The summed E-state index contributed by atoms with van der Waals surface area (Å²) in [7, 11) is 3.94. The molecule has 0 saturated heterocycles. The smallest absolute Gasteiger partial charge is 0.223 e. The van der Waals surface area contributed by atoms with E-state index in [1.165, 1.54) is 6.07 Å². The van der Waals surface area contributed by atoms with Crippen molar-refractivity contribution in [3.05, 3.63) is 53.9 Å². The van der Waals surface area contributed by atoms with Crippen molar-refractivity contribution in [2.45, 2.75) is 19.4 Å². The number of carbonyl (C=O) groups excluding carboxylic acids is 1.